The maximum Gasteiger partial charge on any atom is 0.220 e. The fourth-order valence-electron chi connectivity index (χ4n) is 6.08. The molecule has 0 aromatic heterocycles. The first-order chi connectivity index (χ1) is 26.8. The van der Waals surface area contributed by atoms with Gasteiger partial charge in [0.2, 0.25) is 5.91 Å². The van der Waals surface area contributed by atoms with Crippen molar-refractivity contribution >= 4 is 5.91 Å². The van der Waals surface area contributed by atoms with Crippen LogP contribution in [0.4, 0.5) is 0 Å². The van der Waals surface area contributed by atoms with E-state index in [1.807, 2.05) is 0 Å². The van der Waals surface area contributed by atoms with Crippen LogP contribution in [0.25, 0.3) is 0 Å². The molecular weight excluding hydrogens is 695 g/mol. The Labute approximate surface area is 333 Å². The molecule has 0 radical (unpaired) electrons. The minimum atomic E-state index is -1.56. The van der Waals surface area contributed by atoms with Crippen molar-refractivity contribution in [1.82, 2.24) is 5.32 Å². The lowest BCUT2D eigenvalue weighted by Gasteiger charge is -2.40. The van der Waals surface area contributed by atoms with Crippen LogP contribution in [0.1, 0.15) is 142 Å². The van der Waals surface area contributed by atoms with Crippen LogP contribution in [0.15, 0.2) is 85.1 Å². The van der Waals surface area contributed by atoms with Crippen LogP contribution in [0.3, 0.4) is 0 Å². The summed E-state index contributed by atoms with van der Waals surface area (Å²) in [6, 6.07) is -0.726. The van der Waals surface area contributed by atoms with Crippen LogP contribution < -0.4 is 5.32 Å². The topological polar surface area (TPSA) is 149 Å². The van der Waals surface area contributed by atoms with Crippen molar-refractivity contribution in [3.63, 3.8) is 0 Å². The molecule has 1 rings (SSSR count). The third-order valence-corrected chi connectivity index (χ3v) is 9.51. The second kappa shape index (κ2) is 35.8. The Morgan fingerprint density at radius 1 is 0.636 bits per heavy atom. The molecule has 0 aromatic rings. The lowest BCUT2D eigenvalue weighted by atomic mass is 9.99. The summed E-state index contributed by atoms with van der Waals surface area (Å²) in [7, 11) is 0. The van der Waals surface area contributed by atoms with Crippen molar-refractivity contribution in [3.8, 4) is 0 Å². The fourth-order valence-corrected chi connectivity index (χ4v) is 6.08. The smallest absolute Gasteiger partial charge is 0.220 e. The van der Waals surface area contributed by atoms with Crippen molar-refractivity contribution in [3.05, 3.63) is 85.1 Å². The molecule has 1 aliphatic heterocycles. The van der Waals surface area contributed by atoms with E-state index >= 15 is 0 Å². The zero-order valence-corrected chi connectivity index (χ0v) is 34.1. The maximum atomic E-state index is 12.8. The van der Waals surface area contributed by atoms with Gasteiger partial charge in [0.15, 0.2) is 6.29 Å². The van der Waals surface area contributed by atoms with Crippen molar-refractivity contribution in [1.29, 1.82) is 0 Å². The highest BCUT2D eigenvalue weighted by molar-refractivity contribution is 5.76. The molecule has 7 unspecified atom stereocenters. The van der Waals surface area contributed by atoms with Crippen LogP contribution >= 0.6 is 0 Å². The molecule has 0 aliphatic carbocycles. The van der Waals surface area contributed by atoms with Crippen molar-refractivity contribution in [2.24, 2.45) is 0 Å². The molecule has 1 saturated heterocycles. The van der Waals surface area contributed by atoms with Crippen LogP contribution in [0, 0.1) is 0 Å². The quantitative estimate of drug-likeness (QED) is 0.0288. The van der Waals surface area contributed by atoms with Gasteiger partial charge in [0, 0.05) is 6.42 Å². The normalized spacial score (nSPS) is 22.2. The molecule has 0 saturated carbocycles. The lowest BCUT2D eigenvalue weighted by molar-refractivity contribution is -0.302. The Bertz CT molecular complexity index is 1130. The minimum Gasteiger partial charge on any atom is -0.394 e. The molecule has 1 fully saturated rings. The average Bonchev–Trinajstić information content (AvgIpc) is 3.18. The number of carbonyl (C=O) groups is 1. The summed E-state index contributed by atoms with van der Waals surface area (Å²) >= 11 is 0. The monoisotopic (exact) mass is 772 g/mol. The molecular formula is C46H77NO8. The number of aliphatic hydroxyl groups excluding tert-OH is 5. The fraction of sp³-hybridized carbons (Fsp3) is 0.674. The third kappa shape index (κ3) is 26.8. The largest absolute Gasteiger partial charge is 0.394 e. The lowest BCUT2D eigenvalue weighted by Crippen LogP contribution is -2.60. The second-order valence-corrected chi connectivity index (χ2v) is 14.4. The third-order valence-electron chi connectivity index (χ3n) is 9.51. The predicted octanol–water partition coefficient (Wildman–Crippen LogP) is 8.38. The number of carbonyl (C=O) groups excluding carboxylic acids is 1. The van der Waals surface area contributed by atoms with Gasteiger partial charge in [-0.15, -0.1) is 0 Å². The first kappa shape index (κ1) is 50.4. The van der Waals surface area contributed by atoms with Crippen LogP contribution in [-0.4, -0.2) is 87.5 Å². The molecule has 0 spiro atoms. The summed E-state index contributed by atoms with van der Waals surface area (Å²) in [4.78, 5) is 12.8. The Morgan fingerprint density at radius 2 is 1.13 bits per heavy atom. The number of amides is 1. The molecule has 55 heavy (non-hydrogen) atoms. The number of unbranched alkanes of at least 4 members (excludes halogenated alkanes) is 9. The van der Waals surface area contributed by atoms with Crippen molar-refractivity contribution in [2.45, 2.75) is 185 Å². The molecule has 1 amide bonds. The van der Waals surface area contributed by atoms with Crippen molar-refractivity contribution < 1.29 is 39.8 Å². The van der Waals surface area contributed by atoms with E-state index in [1.165, 1.54) is 19.3 Å². The highest BCUT2D eigenvalue weighted by atomic mass is 16.7. The molecule has 9 nitrogen and oxygen atoms in total. The average molecular weight is 772 g/mol. The molecule has 314 valence electrons. The maximum absolute atomic E-state index is 12.8. The number of nitrogens with one attached hydrogen (secondary N) is 1. The van der Waals surface area contributed by atoms with E-state index in [2.05, 4.69) is 104 Å². The molecule has 0 bridgehead atoms. The molecule has 7 atom stereocenters. The first-order valence-electron chi connectivity index (χ1n) is 21.3. The number of ether oxygens (including phenoxy) is 2. The summed E-state index contributed by atoms with van der Waals surface area (Å²) in [6.45, 7) is 3.51. The Kier molecular flexibility index (Phi) is 32.8. The van der Waals surface area contributed by atoms with Gasteiger partial charge in [0.25, 0.3) is 0 Å². The number of hydrogen-bond acceptors (Lipinski definition) is 8. The first-order valence-corrected chi connectivity index (χ1v) is 21.3. The Balaban J connectivity index is 2.12. The number of aliphatic hydroxyl groups is 5. The van der Waals surface area contributed by atoms with E-state index in [-0.39, 0.29) is 12.5 Å². The second-order valence-electron chi connectivity index (χ2n) is 14.4. The standard InChI is InChI=1S/C46H77NO8/c1-3-5-7-8-9-10-11-12-13-14-15-16-17-18-19-20-21-22-23-24-25-26-27-28-29-30-31-32-34-36-42(50)47-39(40(49)35-33-6-4-2)38-54-46-45(53)44(52)43(51)41(37-48)55-46/h5,7,9-10,12-13,15-16,18-19,21-22,24-25,39-41,43-46,48-49,51-53H,3-4,6,8,11,14,17,20,23,26-38H2,1-2H3,(H,47,50)/b7-5-,10-9-,13-12-,16-15-,19-18-,22-21-,25-24-. The highest BCUT2D eigenvalue weighted by Crippen LogP contribution is 2.22. The van der Waals surface area contributed by atoms with Gasteiger partial charge in [-0.05, 0) is 70.6 Å². The zero-order chi connectivity index (χ0) is 40.2. The van der Waals surface area contributed by atoms with E-state index < -0.39 is 49.5 Å². The highest BCUT2D eigenvalue weighted by Gasteiger charge is 2.44. The SMILES string of the molecule is CC/C=C\C/C=C\C/C=C\C/C=C\C/C=C\C/C=C\C/C=C\CCCCCCCCCC(=O)NC(COC1OC(CO)C(O)C(O)C1O)C(O)CCCCC. The number of hydrogen-bond donors (Lipinski definition) is 6. The van der Waals surface area contributed by atoms with Gasteiger partial charge < -0.3 is 40.3 Å². The number of rotatable bonds is 33. The summed E-state index contributed by atoms with van der Waals surface area (Å²) in [5.74, 6) is -0.173. The summed E-state index contributed by atoms with van der Waals surface area (Å²) in [5.41, 5.74) is 0. The summed E-state index contributed by atoms with van der Waals surface area (Å²) in [6.07, 6.45) is 42.6. The van der Waals surface area contributed by atoms with E-state index in [9.17, 15) is 30.3 Å². The van der Waals surface area contributed by atoms with Gasteiger partial charge in [-0.3, -0.25) is 4.79 Å². The van der Waals surface area contributed by atoms with Gasteiger partial charge >= 0.3 is 0 Å². The van der Waals surface area contributed by atoms with E-state index in [4.69, 9.17) is 9.47 Å². The van der Waals surface area contributed by atoms with Crippen molar-refractivity contribution in [2.75, 3.05) is 13.2 Å². The molecule has 9 heteroatoms. The van der Waals surface area contributed by atoms with Crippen LogP contribution in [0.5, 0.6) is 0 Å². The molecule has 6 N–H and O–H groups in total. The molecule has 0 aromatic carbocycles. The molecule has 1 aliphatic rings. The van der Waals surface area contributed by atoms with Gasteiger partial charge in [-0.25, -0.2) is 0 Å². The van der Waals surface area contributed by atoms with Gasteiger partial charge in [0.05, 0.1) is 25.4 Å². The van der Waals surface area contributed by atoms with Gasteiger partial charge in [0.1, 0.15) is 24.4 Å². The summed E-state index contributed by atoms with van der Waals surface area (Å²) in [5, 5.41) is 53.5. The summed E-state index contributed by atoms with van der Waals surface area (Å²) < 4.78 is 11.1. The Morgan fingerprint density at radius 3 is 1.64 bits per heavy atom. The van der Waals surface area contributed by atoms with E-state index in [0.29, 0.717) is 12.8 Å². The van der Waals surface area contributed by atoms with Crippen LogP contribution in [0.2, 0.25) is 0 Å². The zero-order valence-electron chi connectivity index (χ0n) is 34.1. The van der Waals surface area contributed by atoms with E-state index in [0.717, 1.165) is 96.3 Å². The minimum absolute atomic E-state index is 0.153. The molecule has 1 heterocycles. The predicted molar refractivity (Wildman–Crippen MR) is 225 cm³/mol. The Hall–Kier alpha value is -2.63. The van der Waals surface area contributed by atoms with Crippen LogP contribution in [-0.2, 0) is 14.3 Å². The number of allylic oxidation sites excluding steroid dienone is 14. The van der Waals surface area contributed by atoms with Gasteiger partial charge in [-0.1, -0.05) is 150 Å². The van der Waals surface area contributed by atoms with Gasteiger partial charge in [-0.2, -0.15) is 0 Å². The van der Waals surface area contributed by atoms with E-state index in [1.54, 1.807) is 0 Å².